The molecule has 0 bridgehead atoms. The van der Waals surface area contributed by atoms with E-state index >= 15 is 0 Å². The molecule has 0 amide bonds. The maximum absolute atomic E-state index is 12.8. The lowest BCUT2D eigenvalue weighted by Gasteiger charge is -2.04. The fraction of sp³-hybridized carbons (Fsp3) is 0.0769. The molecular formula is C13H9FN2O. The Hall–Kier alpha value is -2.41. The molecule has 0 N–H and O–H groups in total. The first kappa shape index (κ1) is 11.1. The van der Waals surface area contributed by atoms with E-state index in [-0.39, 0.29) is 5.88 Å². The van der Waals surface area contributed by atoms with E-state index in [9.17, 15) is 4.39 Å². The zero-order valence-electron chi connectivity index (χ0n) is 8.93. The summed E-state index contributed by atoms with van der Waals surface area (Å²) in [6.45, 7) is 0. The van der Waals surface area contributed by atoms with Gasteiger partial charge in [-0.2, -0.15) is 14.6 Å². The van der Waals surface area contributed by atoms with Crippen LogP contribution in [0.2, 0.25) is 0 Å². The maximum Gasteiger partial charge on any atom is 0.221 e. The second-order valence-corrected chi connectivity index (χ2v) is 3.38. The van der Waals surface area contributed by atoms with Gasteiger partial charge in [0.05, 0.1) is 12.5 Å². The quantitative estimate of drug-likeness (QED) is 0.758. The van der Waals surface area contributed by atoms with Crippen LogP contribution in [-0.2, 0) is 6.42 Å². The zero-order valence-corrected chi connectivity index (χ0v) is 8.93. The van der Waals surface area contributed by atoms with Crippen LogP contribution in [0.5, 0.6) is 11.6 Å². The molecule has 0 saturated carbocycles. The van der Waals surface area contributed by atoms with Crippen molar-refractivity contribution in [3.05, 3.63) is 54.0 Å². The van der Waals surface area contributed by atoms with Crippen molar-refractivity contribution in [3.8, 4) is 17.7 Å². The smallest absolute Gasteiger partial charge is 0.221 e. The second-order valence-electron chi connectivity index (χ2n) is 3.38. The highest BCUT2D eigenvalue weighted by Crippen LogP contribution is 2.19. The van der Waals surface area contributed by atoms with Crippen molar-refractivity contribution in [3.63, 3.8) is 0 Å². The summed E-state index contributed by atoms with van der Waals surface area (Å²) >= 11 is 0. The van der Waals surface area contributed by atoms with Gasteiger partial charge in [0.15, 0.2) is 0 Å². The van der Waals surface area contributed by atoms with Gasteiger partial charge in [-0.25, -0.2) is 0 Å². The Balaban J connectivity index is 2.11. The number of hydrogen-bond donors (Lipinski definition) is 0. The van der Waals surface area contributed by atoms with Crippen LogP contribution in [0, 0.1) is 17.3 Å². The fourth-order valence-corrected chi connectivity index (χ4v) is 1.33. The summed E-state index contributed by atoms with van der Waals surface area (Å²) in [7, 11) is 0. The van der Waals surface area contributed by atoms with Crippen LogP contribution >= 0.6 is 0 Å². The summed E-state index contributed by atoms with van der Waals surface area (Å²) < 4.78 is 18.2. The molecule has 0 radical (unpaired) electrons. The number of benzene rings is 1. The predicted octanol–water partition coefficient (Wildman–Crippen LogP) is 3.08. The summed E-state index contributed by atoms with van der Waals surface area (Å²) in [5.74, 6) is 0.187. The van der Waals surface area contributed by atoms with Gasteiger partial charge in [-0.05, 0) is 23.8 Å². The molecule has 1 aromatic carbocycles. The summed E-state index contributed by atoms with van der Waals surface area (Å²) in [5.41, 5.74) is 0.909. The first-order chi connectivity index (χ1) is 8.28. The van der Waals surface area contributed by atoms with Crippen molar-refractivity contribution in [1.29, 1.82) is 5.26 Å². The van der Waals surface area contributed by atoms with E-state index in [4.69, 9.17) is 10.00 Å². The SMILES string of the molecule is N#CCc1ccc(Oc2cccc(F)n2)cc1. The molecule has 0 spiro atoms. The summed E-state index contributed by atoms with van der Waals surface area (Å²) in [6, 6.07) is 13.4. The van der Waals surface area contributed by atoms with Crippen LogP contribution in [0.4, 0.5) is 4.39 Å². The van der Waals surface area contributed by atoms with Crippen LogP contribution in [0.3, 0.4) is 0 Å². The van der Waals surface area contributed by atoms with Crippen molar-refractivity contribution < 1.29 is 9.13 Å². The highest BCUT2D eigenvalue weighted by Gasteiger charge is 2.00. The maximum atomic E-state index is 12.8. The molecule has 2 rings (SSSR count). The Bertz CT molecular complexity index is 546. The Labute approximate surface area is 98.1 Å². The lowest BCUT2D eigenvalue weighted by molar-refractivity contribution is 0.445. The average Bonchev–Trinajstić information content (AvgIpc) is 2.32. The van der Waals surface area contributed by atoms with Crippen molar-refractivity contribution in [1.82, 2.24) is 4.98 Å². The number of pyridine rings is 1. The van der Waals surface area contributed by atoms with Gasteiger partial charge in [0.1, 0.15) is 5.75 Å². The molecule has 17 heavy (non-hydrogen) atoms. The molecule has 3 nitrogen and oxygen atoms in total. The minimum absolute atomic E-state index is 0.207. The molecule has 0 unspecified atom stereocenters. The summed E-state index contributed by atoms with van der Waals surface area (Å²) in [4.78, 5) is 3.59. The minimum atomic E-state index is -0.580. The Morgan fingerprint density at radius 2 is 1.94 bits per heavy atom. The third kappa shape index (κ3) is 3.02. The Morgan fingerprint density at radius 1 is 1.18 bits per heavy atom. The highest BCUT2D eigenvalue weighted by atomic mass is 19.1. The van der Waals surface area contributed by atoms with Gasteiger partial charge in [0.2, 0.25) is 11.8 Å². The van der Waals surface area contributed by atoms with Gasteiger partial charge in [-0.15, -0.1) is 0 Å². The van der Waals surface area contributed by atoms with Crippen molar-refractivity contribution in [2.75, 3.05) is 0 Å². The van der Waals surface area contributed by atoms with E-state index in [1.165, 1.54) is 12.1 Å². The molecule has 0 fully saturated rings. The molecule has 0 saturated heterocycles. The van der Waals surface area contributed by atoms with Crippen LogP contribution in [0.25, 0.3) is 0 Å². The first-order valence-electron chi connectivity index (χ1n) is 5.04. The number of rotatable bonds is 3. The van der Waals surface area contributed by atoms with Crippen molar-refractivity contribution >= 4 is 0 Å². The molecule has 1 heterocycles. The molecule has 4 heteroatoms. The van der Waals surface area contributed by atoms with E-state index in [2.05, 4.69) is 11.1 Å². The molecule has 2 aromatic rings. The van der Waals surface area contributed by atoms with Gasteiger partial charge in [-0.1, -0.05) is 18.2 Å². The monoisotopic (exact) mass is 228 g/mol. The second kappa shape index (κ2) is 5.08. The Kier molecular flexibility index (Phi) is 3.31. The standard InChI is InChI=1S/C13H9FN2O/c14-12-2-1-3-13(16-12)17-11-6-4-10(5-7-11)8-9-15/h1-7H,8H2. The Morgan fingerprint density at radius 3 is 2.59 bits per heavy atom. The molecular weight excluding hydrogens is 219 g/mol. The topological polar surface area (TPSA) is 45.9 Å². The predicted molar refractivity (Wildman–Crippen MR) is 60.0 cm³/mol. The van der Waals surface area contributed by atoms with Gasteiger partial charge >= 0.3 is 0 Å². The van der Waals surface area contributed by atoms with Crippen molar-refractivity contribution in [2.45, 2.75) is 6.42 Å². The largest absolute Gasteiger partial charge is 0.439 e. The van der Waals surface area contributed by atoms with Crippen LogP contribution in [-0.4, -0.2) is 4.98 Å². The number of ether oxygens (including phenoxy) is 1. The van der Waals surface area contributed by atoms with Crippen LogP contribution in [0.1, 0.15) is 5.56 Å². The number of aromatic nitrogens is 1. The van der Waals surface area contributed by atoms with E-state index in [0.717, 1.165) is 5.56 Å². The van der Waals surface area contributed by atoms with Crippen molar-refractivity contribution in [2.24, 2.45) is 0 Å². The normalized spacial score (nSPS) is 9.65. The lowest BCUT2D eigenvalue weighted by atomic mass is 10.2. The molecule has 84 valence electrons. The van der Waals surface area contributed by atoms with Gasteiger partial charge in [0.25, 0.3) is 0 Å². The molecule has 0 aliphatic heterocycles. The van der Waals surface area contributed by atoms with Crippen LogP contribution in [0.15, 0.2) is 42.5 Å². The number of halogens is 1. The summed E-state index contributed by atoms with van der Waals surface area (Å²) in [6.07, 6.45) is 0.360. The van der Waals surface area contributed by atoms with E-state index in [0.29, 0.717) is 12.2 Å². The van der Waals surface area contributed by atoms with Gasteiger partial charge in [0, 0.05) is 6.07 Å². The first-order valence-corrected chi connectivity index (χ1v) is 5.04. The fourth-order valence-electron chi connectivity index (χ4n) is 1.33. The van der Waals surface area contributed by atoms with E-state index in [1.54, 1.807) is 30.3 Å². The minimum Gasteiger partial charge on any atom is -0.439 e. The zero-order chi connectivity index (χ0) is 12.1. The average molecular weight is 228 g/mol. The third-order valence-electron chi connectivity index (χ3n) is 2.12. The van der Waals surface area contributed by atoms with E-state index < -0.39 is 5.95 Å². The van der Waals surface area contributed by atoms with Gasteiger partial charge in [-0.3, -0.25) is 0 Å². The third-order valence-corrected chi connectivity index (χ3v) is 2.12. The molecule has 1 aromatic heterocycles. The lowest BCUT2D eigenvalue weighted by Crippen LogP contribution is -1.90. The number of hydrogen-bond acceptors (Lipinski definition) is 3. The summed E-state index contributed by atoms with van der Waals surface area (Å²) in [5, 5.41) is 8.52. The molecule has 0 atom stereocenters. The van der Waals surface area contributed by atoms with Gasteiger partial charge < -0.3 is 4.74 Å². The molecule has 0 aliphatic carbocycles. The number of nitriles is 1. The van der Waals surface area contributed by atoms with E-state index in [1.807, 2.05) is 0 Å². The number of nitrogens with zero attached hydrogens (tertiary/aromatic N) is 2. The molecule has 0 aliphatic rings. The van der Waals surface area contributed by atoms with Crippen LogP contribution < -0.4 is 4.74 Å². The highest BCUT2D eigenvalue weighted by molar-refractivity contribution is 5.31.